The summed E-state index contributed by atoms with van der Waals surface area (Å²) in [5.74, 6) is -0.561. The molecule has 0 N–H and O–H groups in total. The van der Waals surface area contributed by atoms with Crippen LogP contribution in [0.5, 0.6) is 0 Å². The van der Waals surface area contributed by atoms with Gasteiger partial charge in [-0.3, -0.25) is 4.79 Å². The molecule has 0 aromatic rings. The lowest BCUT2D eigenvalue weighted by molar-refractivity contribution is -0.162. The number of cyclic esters (lactones) is 1. The zero-order chi connectivity index (χ0) is 20.3. The molecule has 29 heavy (non-hydrogen) atoms. The van der Waals surface area contributed by atoms with E-state index in [0.29, 0.717) is 6.61 Å². The second-order valence-electron chi connectivity index (χ2n) is 9.19. The Morgan fingerprint density at radius 1 is 1.21 bits per heavy atom. The lowest BCUT2D eigenvalue weighted by Gasteiger charge is -2.44. The monoisotopic (exact) mass is 400 g/mol. The standard InChI is InChI=1S/C23H28O6/c1-23(2)27-11-18(29-23)20-17-10-8-13-12-5-4-6-16(21(24)26-3)14(12)7-9-15(13)19(17)22(25)28-20/h4-5,8,10,12-14,16-18,20H,6-7,9,11H2,1-3H3/t12-,13+,14+,16+,17+,18+,20+/m0/s1. The number of ether oxygens (including phenoxy) is 4. The molecule has 7 atom stereocenters. The Kier molecular flexibility index (Phi) is 4.48. The molecule has 0 unspecified atom stereocenters. The summed E-state index contributed by atoms with van der Waals surface area (Å²) in [6.45, 7) is 4.18. The van der Waals surface area contributed by atoms with Crippen molar-refractivity contribution in [2.24, 2.45) is 29.6 Å². The van der Waals surface area contributed by atoms with Crippen molar-refractivity contribution in [1.82, 2.24) is 0 Å². The molecule has 2 saturated heterocycles. The first-order valence-corrected chi connectivity index (χ1v) is 10.6. The van der Waals surface area contributed by atoms with Gasteiger partial charge in [0.25, 0.3) is 0 Å². The maximum Gasteiger partial charge on any atom is 0.335 e. The van der Waals surface area contributed by atoms with Gasteiger partial charge in [0, 0.05) is 17.4 Å². The van der Waals surface area contributed by atoms with Crippen LogP contribution in [-0.4, -0.2) is 43.7 Å². The van der Waals surface area contributed by atoms with Crippen LogP contribution in [0.4, 0.5) is 0 Å². The highest BCUT2D eigenvalue weighted by Gasteiger charge is 2.53. The Labute approximate surface area is 170 Å². The number of methoxy groups -OCH3 is 1. The molecule has 3 fully saturated rings. The highest BCUT2D eigenvalue weighted by Crippen LogP contribution is 2.52. The van der Waals surface area contributed by atoms with E-state index < -0.39 is 5.79 Å². The maximum atomic E-state index is 12.9. The maximum absolute atomic E-state index is 12.9. The minimum Gasteiger partial charge on any atom is -0.469 e. The lowest BCUT2D eigenvalue weighted by Crippen LogP contribution is -2.40. The molecule has 6 heteroatoms. The fourth-order valence-corrected chi connectivity index (χ4v) is 5.99. The third-order valence-corrected chi connectivity index (χ3v) is 7.25. The first kappa shape index (κ1) is 19.1. The van der Waals surface area contributed by atoms with E-state index in [4.69, 9.17) is 18.9 Å². The predicted molar refractivity (Wildman–Crippen MR) is 103 cm³/mol. The van der Waals surface area contributed by atoms with Crippen molar-refractivity contribution < 1.29 is 28.5 Å². The normalized spacial score (nSPS) is 42.2. The number of fused-ring (bicyclic) bond motifs is 4. The van der Waals surface area contributed by atoms with Crippen molar-refractivity contribution >= 4 is 11.9 Å². The van der Waals surface area contributed by atoms with Crippen LogP contribution in [0.25, 0.3) is 0 Å². The number of rotatable bonds is 2. The zero-order valence-electron chi connectivity index (χ0n) is 17.1. The summed E-state index contributed by atoms with van der Waals surface area (Å²) in [7, 11) is 1.46. The highest BCUT2D eigenvalue weighted by atomic mass is 16.8. The zero-order valence-corrected chi connectivity index (χ0v) is 17.1. The third kappa shape index (κ3) is 2.99. The SMILES string of the molecule is COC(=O)[C@@H]1CC=C[C@@H]2[C@H]1CCC1=C3C(=O)O[C@@H]([C@H]4COC(C)(C)O4)[C@@H]3C=C[C@@H]12. The van der Waals surface area contributed by atoms with E-state index in [2.05, 4.69) is 24.3 Å². The predicted octanol–water partition coefficient (Wildman–Crippen LogP) is 2.94. The van der Waals surface area contributed by atoms with Gasteiger partial charge >= 0.3 is 11.9 Å². The summed E-state index contributed by atoms with van der Waals surface area (Å²) in [6.07, 6.45) is 10.5. The first-order valence-electron chi connectivity index (χ1n) is 10.6. The van der Waals surface area contributed by atoms with E-state index in [9.17, 15) is 9.59 Å². The molecule has 0 amide bonds. The van der Waals surface area contributed by atoms with Crippen molar-refractivity contribution in [2.45, 2.75) is 51.1 Å². The number of hydrogen-bond donors (Lipinski definition) is 0. The van der Waals surface area contributed by atoms with Crippen LogP contribution in [0.1, 0.15) is 33.1 Å². The smallest absolute Gasteiger partial charge is 0.335 e. The van der Waals surface area contributed by atoms with Crippen LogP contribution in [-0.2, 0) is 28.5 Å². The van der Waals surface area contributed by atoms with E-state index in [1.807, 2.05) is 13.8 Å². The highest BCUT2D eigenvalue weighted by molar-refractivity contribution is 5.93. The van der Waals surface area contributed by atoms with Gasteiger partial charge in [-0.2, -0.15) is 0 Å². The van der Waals surface area contributed by atoms with Crippen molar-refractivity contribution in [3.63, 3.8) is 0 Å². The van der Waals surface area contributed by atoms with Gasteiger partial charge in [-0.15, -0.1) is 0 Å². The van der Waals surface area contributed by atoms with Gasteiger partial charge in [-0.05, 0) is 44.9 Å². The molecule has 6 nitrogen and oxygen atoms in total. The van der Waals surface area contributed by atoms with E-state index in [1.165, 1.54) is 12.7 Å². The fraction of sp³-hybridized carbons (Fsp3) is 0.652. The number of allylic oxidation sites excluding steroid dienone is 4. The molecule has 0 radical (unpaired) electrons. The van der Waals surface area contributed by atoms with E-state index in [0.717, 1.165) is 24.8 Å². The summed E-state index contributed by atoms with van der Waals surface area (Å²) >= 11 is 0. The molecule has 1 saturated carbocycles. The minimum absolute atomic E-state index is 0.0863. The average molecular weight is 400 g/mol. The minimum atomic E-state index is -0.651. The Bertz CT molecular complexity index is 821. The average Bonchev–Trinajstić information content (AvgIpc) is 3.25. The number of carbonyl (C=O) groups is 2. The van der Waals surface area contributed by atoms with Gasteiger partial charge < -0.3 is 18.9 Å². The fourth-order valence-electron chi connectivity index (χ4n) is 5.99. The second kappa shape index (κ2) is 6.81. The van der Waals surface area contributed by atoms with E-state index in [-0.39, 0.29) is 53.7 Å². The van der Waals surface area contributed by atoms with Gasteiger partial charge in [0.15, 0.2) is 5.79 Å². The van der Waals surface area contributed by atoms with Crippen molar-refractivity contribution in [2.75, 3.05) is 13.7 Å². The molecular weight excluding hydrogens is 372 g/mol. The summed E-state index contributed by atoms with van der Waals surface area (Å²) in [5, 5.41) is 0. The van der Waals surface area contributed by atoms with Gasteiger partial charge in [0.05, 0.1) is 19.6 Å². The van der Waals surface area contributed by atoms with Crippen molar-refractivity contribution in [3.8, 4) is 0 Å². The van der Waals surface area contributed by atoms with Crippen LogP contribution in [0.15, 0.2) is 35.5 Å². The molecule has 2 heterocycles. The molecule has 2 aliphatic heterocycles. The third-order valence-electron chi connectivity index (χ3n) is 7.25. The van der Waals surface area contributed by atoms with Crippen LogP contribution in [0, 0.1) is 29.6 Å². The Morgan fingerprint density at radius 3 is 2.72 bits per heavy atom. The molecule has 156 valence electrons. The van der Waals surface area contributed by atoms with Crippen LogP contribution in [0.3, 0.4) is 0 Å². The number of carbonyl (C=O) groups excluding carboxylic acids is 2. The Hall–Kier alpha value is -1.92. The molecule has 0 bridgehead atoms. The summed E-state index contributed by atoms with van der Waals surface area (Å²) in [5.41, 5.74) is 1.99. The summed E-state index contributed by atoms with van der Waals surface area (Å²) in [6, 6.07) is 0. The van der Waals surface area contributed by atoms with Crippen LogP contribution in [0.2, 0.25) is 0 Å². The molecule has 3 aliphatic carbocycles. The lowest BCUT2D eigenvalue weighted by atomic mass is 9.59. The van der Waals surface area contributed by atoms with Crippen LogP contribution >= 0.6 is 0 Å². The molecule has 5 rings (SSSR count). The van der Waals surface area contributed by atoms with E-state index in [1.54, 1.807) is 0 Å². The van der Waals surface area contributed by atoms with Crippen molar-refractivity contribution in [1.29, 1.82) is 0 Å². The van der Waals surface area contributed by atoms with Gasteiger partial charge in [-0.1, -0.05) is 29.9 Å². The molecular formula is C23H28O6. The van der Waals surface area contributed by atoms with Gasteiger partial charge in [0.1, 0.15) is 12.2 Å². The summed E-state index contributed by atoms with van der Waals surface area (Å²) in [4.78, 5) is 25.1. The largest absolute Gasteiger partial charge is 0.469 e. The Morgan fingerprint density at radius 2 is 2.00 bits per heavy atom. The van der Waals surface area contributed by atoms with E-state index >= 15 is 0 Å². The van der Waals surface area contributed by atoms with Crippen LogP contribution < -0.4 is 0 Å². The molecule has 0 spiro atoms. The topological polar surface area (TPSA) is 71.1 Å². The van der Waals surface area contributed by atoms with Crippen molar-refractivity contribution in [3.05, 3.63) is 35.5 Å². The second-order valence-corrected chi connectivity index (χ2v) is 9.19. The van der Waals surface area contributed by atoms with Gasteiger partial charge in [0.2, 0.25) is 0 Å². The molecule has 0 aromatic heterocycles. The molecule has 5 aliphatic rings. The quantitative estimate of drug-likeness (QED) is 0.524. The number of hydrogen-bond acceptors (Lipinski definition) is 6. The molecule has 0 aromatic carbocycles. The Balaban J connectivity index is 1.43. The first-order chi connectivity index (χ1) is 13.9. The van der Waals surface area contributed by atoms with Gasteiger partial charge in [-0.25, -0.2) is 4.79 Å². The number of esters is 2. The summed E-state index contributed by atoms with van der Waals surface area (Å²) < 4.78 is 22.5.